The van der Waals surface area contributed by atoms with Crippen molar-refractivity contribution in [3.05, 3.63) is 29.3 Å². The van der Waals surface area contributed by atoms with Gasteiger partial charge >= 0.3 is 5.97 Å². The number of ether oxygens (including phenoxy) is 1. The van der Waals surface area contributed by atoms with Gasteiger partial charge in [-0.15, -0.1) is 0 Å². The molecule has 0 spiro atoms. The number of nitrogens with two attached hydrogens (primary N) is 1. The van der Waals surface area contributed by atoms with Gasteiger partial charge in [-0.3, -0.25) is 4.79 Å². The molecule has 128 valence electrons. The number of nitrogens with zero attached hydrogens (tertiary/aromatic N) is 1. The Morgan fingerprint density at radius 2 is 1.83 bits per heavy atom. The summed E-state index contributed by atoms with van der Waals surface area (Å²) >= 11 is 0. The summed E-state index contributed by atoms with van der Waals surface area (Å²) in [5.41, 5.74) is 5.62. The van der Waals surface area contributed by atoms with Gasteiger partial charge in [0.2, 0.25) is 10.0 Å². The van der Waals surface area contributed by atoms with Crippen LogP contribution >= 0.6 is 0 Å². The minimum Gasteiger partial charge on any atom is -0.449 e. The predicted molar refractivity (Wildman–Crippen MR) is 85.4 cm³/mol. The van der Waals surface area contributed by atoms with Gasteiger partial charge in [0.05, 0.1) is 10.5 Å². The lowest BCUT2D eigenvalue weighted by Gasteiger charge is -2.20. The first-order valence-corrected chi connectivity index (χ1v) is 8.70. The van der Waals surface area contributed by atoms with Crippen molar-refractivity contribution in [2.24, 2.45) is 5.73 Å². The van der Waals surface area contributed by atoms with E-state index >= 15 is 0 Å². The van der Waals surface area contributed by atoms with Crippen LogP contribution in [-0.2, 0) is 19.6 Å². The molecular weight excluding hydrogens is 320 g/mol. The summed E-state index contributed by atoms with van der Waals surface area (Å²) in [5, 5.41) is 0. The third-order valence-electron chi connectivity index (χ3n) is 3.43. The first-order valence-electron chi connectivity index (χ1n) is 7.26. The maximum absolute atomic E-state index is 12.6. The van der Waals surface area contributed by atoms with Crippen LogP contribution in [0.4, 0.5) is 0 Å². The van der Waals surface area contributed by atoms with Crippen molar-refractivity contribution >= 4 is 21.9 Å². The molecule has 0 aromatic heterocycles. The van der Waals surface area contributed by atoms with E-state index in [1.54, 1.807) is 20.8 Å². The van der Waals surface area contributed by atoms with Crippen molar-refractivity contribution in [3.63, 3.8) is 0 Å². The molecule has 1 atom stereocenters. The normalized spacial score (nSPS) is 12.9. The SMILES string of the molecule is CCN(CC)S(=O)(=O)c1cc(C(=O)O[C@H](C)C(N)=O)ccc1C. The fourth-order valence-corrected chi connectivity index (χ4v) is 3.70. The van der Waals surface area contributed by atoms with E-state index in [9.17, 15) is 18.0 Å². The molecule has 0 unspecified atom stereocenters. The smallest absolute Gasteiger partial charge is 0.338 e. The standard InChI is InChI=1S/C15H22N2O5S/c1-5-17(6-2)23(20,21)13-9-12(8-7-10(13)3)15(19)22-11(4)14(16)18/h7-9,11H,5-6H2,1-4H3,(H2,16,18)/t11-/m1/s1. The Bertz CT molecular complexity index is 696. The molecule has 23 heavy (non-hydrogen) atoms. The minimum atomic E-state index is -3.70. The van der Waals surface area contributed by atoms with Gasteiger partial charge in [-0.1, -0.05) is 19.9 Å². The number of primary amides is 1. The second-order valence-electron chi connectivity index (χ2n) is 5.02. The topological polar surface area (TPSA) is 107 Å². The highest BCUT2D eigenvalue weighted by atomic mass is 32.2. The van der Waals surface area contributed by atoms with Crippen molar-refractivity contribution in [3.8, 4) is 0 Å². The molecule has 0 bridgehead atoms. The molecule has 0 radical (unpaired) electrons. The summed E-state index contributed by atoms with van der Waals surface area (Å²) in [6.07, 6.45) is -1.09. The van der Waals surface area contributed by atoms with Gasteiger partial charge in [-0.25, -0.2) is 13.2 Å². The lowest BCUT2D eigenvalue weighted by atomic mass is 10.1. The zero-order valence-corrected chi connectivity index (χ0v) is 14.5. The summed E-state index contributed by atoms with van der Waals surface area (Å²) < 4.78 is 31.4. The fraction of sp³-hybridized carbons (Fsp3) is 0.467. The van der Waals surface area contributed by atoms with E-state index < -0.39 is 28.0 Å². The molecule has 0 aliphatic rings. The highest BCUT2D eigenvalue weighted by molar-refractivity contribution is 7.89. The number of carbonyl (C=O) groups is 2. The summed E-state index contributed by atoms with van der Waals surface area (Å²) in [6.45, 7) is 7.13. The van der Waals surface area contributed by atoms with Crippen LogP contribution in [0.5, 0.6) is 0 Å². The Hall–Kier alpha value is -1.93. The van der Waals surface area contributed by atoms with Crippen molar-refractivity contribution in [2.45, 2.75) is 38.7 Å². The van der Waals surface area contributed by atoms with Crippen LogP contribution < -0.4 is 5.73 Å². The number of rotatable bonds is 7. The molecular formula is C15H22N2O5S. The Morgan fingerprint density at radius 1 is 1.26 bits per heavy atom. The maximum Gasteiger partial charge on any atom is 0.338 e. The predicted octanol–water partition coefficient (Wildman–Crippen LogP) is 1.06. The second kappa shape index (κ2) is 7.56. The van der Waals surface area contributed by atoms with Gasteiger partial charge in [0.1, 0.15) is 0 Å². The molecule has 0 aliphatic carbocycles. The number of sulfonamides is 1. The Labute approximate surface area is 136 Å². The van der Waals surface area contributed by atoms with Crippen LogP contribution in [0.2, 0.25) is 0 Å². The largest absolute Gasteiger partial charge is 0.449 e. The monoisotopic (exact) mass is 342 g/mol. The zero-order chi connectivity index (χ0) is 17.8. The van der Waals surface area contributed by atoms with E-state index in [2.05, 4.69) is 0 Å². The van der Waals surface area contributed by atoms with Crippen LogP contribution in [0, 0.1) is 6.92 Å². The van der Waals surface area contributed by atoms with Crippen molar-refractivity contribution in [1.29, 1.82) is 0 Å². The van der Waals surface area contributed by atoms with Gasteiger partial charge in [0, 0.05) is 13.1 Å². The average molecular weight is 342 g/mol. The van der Waals surface area contributed by atoms with E-state index in [0.717, 1.165) is 0 Å². The summed E-state index contributed by atoms with van der Waals surface area (Å²) in [6, 6.07) is 4.24. The Balaban J connectivity index is 3.23. The molecule has 0 saturated heterocycles. The molecule has 7 nitrogen and oxygen atoms in total. The van der Waals surface area contributed by atoms with Crippen LogP contribution in [0.15, 0.2) is 23.1 Å². The van der Waals surface area contributed by atoms with E-state index in [-0.39, 0.29) is 10.5 Å². The number of amides is 1. The van der Waals surface area contributed by atoms with Gasteiger partial charge < -0.3 is 10.5 Å². The molecule has 0 heterocycles. The number of aryl methyl sites for hydroxylation is 1. The molecule has 1 aromatic carbocycles. The average Bonchev–Trinajstić information content (AvgIpc) is 2.48. The second-order valence-corrected chi connectivity index (χ2v) is 6.93. The molecule has 1 rings (SSSR count). The molecule has 8 heteroatoms. The summed E-state index contributed by atoms with van der Waals surface area (Å²) in [7, 11) is -3.70. The number of benzene rings is 1. The van der Waals surface area contributed by atoms with E-state index in [1.807, 2.05) is 0 Å². The Kier molecular flexibility index (Phi) is 6.28. The van der Waals surface area contributed by atoms with Gasteiger partial charge in [0.15, 0.2) is 6.10 Å². The molecule has 1 amide bonds. The summed E-state index contributed by atoms with van der Waals surface area (Å²) in [5.74, 6) is -1.58. The molecule has 2 N–H and O–H groups in total. The third kappa shape index (κ3) is 4.29. The zero-order valence-electron chi connectivity index (χ0n) is 13.7. The van der Waals surface area contributed by atoms with E-state index in [0.29, 0.717) is 18.7 Å². The van der Waals surface area contributed by atoms with E-state index in [1.165, 1.54) is 29.4 Å². The van der Waals surface area contributed by atoms with Crippen molar-refractivity contribution < 1.29 is 22.7 Å². The summed E-state index contributed by atoms with van der Waals surface area (Å²) in [4.78, 5) is 23.0. The first-order chi connectivity index (χ1) is 10.6. The van der Waals surface area contributed by atoms with Gasteiger partial charge in [-0.2, -0.15) is 4.31 Å². The molecule has 1 aromatic rings. The molecule has 0 fully saturated rings. The third-order valence-corrected chi connectivity index (χ3v) is 5.62. The highest BCUT2D eigenvalue weighted by Crippen LogP contribution is 2.22. The van der Waals surface area contributed by atoms with Crippen LogP contribution in [0.25, 0.3) is 0 Å². The van der Waals surface area contributed by atoms with Gasteiger partial charge in [0.25, 0.3) is 5.91 Å². The van der Waals surface area contributed by atoms with Crippen LogP contribution in [0.1, 0.15) is 36.7 Å². The quantitative estimate of drug-likeness (QED) is 0.746. The molecule has 0 saturated carbocycles. The number of hydrogen-bond donors (Lipinski definition) is 1. The van der Waals surface area contributed by atoms with Crippen LogP contribution in [0.3, 0.4) is 0 Å². The molecule has 0 aliphatic heterocycles. The highest BCUT2D eigenvalue weighted by Gasteiger charge is 2.25. The minimum absolute atomic E-state index is 0.0439. The van der Waals surface area contributed by atoms with Crippen molar-refractivity contribution in [2.75, 3.05) is 13.1 Å². The first kappa shape index (κ1) is 19.1. The number of carbonyl (C=O) groups excluding carboxylic acids is 2. The number of esters is 1. The number of hydrogen-bond acceptors (Lipinski definition) is 5. The maximum atomic E-state index is 12.6. The Morgan fingerprint density at radius 3 is 2.30 bits per heavy atom. The lowest BCUT2D eigenvalue weighted by Crippen LogP contribution is -2.32. The lowest BCUT2D eigenvalue weighted by molar-refractivity contribution is -0.125. The fourth-order valence-electron chi connectivity index (χ4n) is 1.99. The van der Waals surface area contributed by atoms with Crippen molar-refractivity contribution in [1.82, 2.24) is 4.31 Å². The van der Waals surface area contributed by atoms with Crippen LogP contribution in [-0.4, -0.2) is 43.8 Å². The van der Waals surface area contributed by atoms with Gasteiger partial charge in [-0.05, 0) is 31.5 Å². The van der Waals surface area contributed by atoms with E-state index in [4.69, 9.17) is 10.5 Å².